The van der Waals surface area contributed by atoms with Crippen molar-refractivity contribution in [2.45, 2.75) is 38.3 Å². The van der Waals surface area contributed by atoms with E-state index in [2.05, 4.69) is 9.82 Å². The fourth-order valence-electron chi connectivity index (χ4n) is 2.55. The highest BCUT2D eigenvalue weighted by Gasteiger charge is 2.22. The predicted octanol–water partition coefficient (Wildman–Crippen LogP) is 2.27. The molecule has 132 valence electrons. The highest BCUT2D eigenvalue weighted by Crippen LogP contribution is 2.30. The Morgan fingerprint density at radius 2 is 1.92 bits per heavy atom. The van der Waals surface area contributed by atoms with E-state index in [4.69, 9.17) is 9.47 Å². The molecule has 1 atom stereocenters. The monoisotopic (exact) mass is 353 g/mol. The molecule has 0 amide bonds. The fourth-order valence-corrected chi connectivity index (χ4v) is 3.79. The number of sulfonamides is 1. The number of aromatic nitrogens is 2. The minimum atomic E-state index is -3.70. The molecule has 1 aromatic heterocycles. The molecule has 0 saturated heterocycles. The van der Waals surface area contributed by atoms with Crippen molar-refractivity contribution < 1.29 is 17.9 Å². The Hall–Kier alpha value is -2.06. The Labute approximate surface area is 142 Å². The standard InChI is InChI=1S/C16H23N3O4S/c1-6-19-12(3)14(10-17-19)11(2)18-24(20,21)13-7-8-15(22-4)16(9-13)23-5/h7-11,18H,6H2,1-5H3. The first-order valence-electron chi connectivity index (χ1n) is 7.60. The molecular weight excluding hydrogens is 330 g/mol. The third-order valence-electron chi connectivity index (χ3n) is 3.90. The smallest absolute Gasteiger partial charge is 0.241 e. The summed E-state index contributed by atoms with van der Waals surface area (Å²) in [5.41, 5.74) is 1.79. The summed E-state index contributed by atoms with van der Waals surface area (Å²) in [6, 6.07) is 4.09. The Morgan fingerprint density at radius 1 is 1.25 bits per heavy atom. The molecule has 0 aliphatic heterocycles. The molecule has 2 aromatic rings. The van der Waals surface area contributed by atoms with Crippen LogP contribution in [0.4, 0.5) is 0 Å². The number of nitrogens with one attached hydrogen (secondary N) is 1. The summed E-state index contributed by atoms with van der Waals surface area (Å²) in [7, 11) is -0.736. The second kappa shape index (κ2) is 7.23. The molecule has 0 spiro atoms. The molecule has 0 aliphatic carbocycles. The van der Waals surface area contributed by atoms with Gasteiger partial charge in [0.15, 0.2) is 11.5 Å². The Balaban J connectivity index is 2.29. The molecule has 0 fully saturated rings. The van der Waals surface area contributed by atoms with Gasteiger partial charge in [0.05, 0.1) is 25.3 Å². The Kier molecular flexibility index (Phi) is 5.51. The minimum Gasteiger partial charge on any atom is -0.493 e. The summed E-state index contributed by atoms with van der Waals surface area (Å²) < 4.78 is 40.1. The zero-order chi connectivity index (χ0) is 17.9. The van der Waals surface area contributed by atoms with Crippen molar-refractivity contribution in [1.82, 2.24) is 14.5 Å². The van der Waals surface area contributed by atoms with E-state index in [9.17, 15) is 8.42 Å². The number of methoxy groups -OCH3 is 2. The molecule has 0 aliphatic rings. The summed E-state index contributed by atoms with van der Waals surface area (Å²) >= 11 is 0. The number of aryl methyl sites for hydroxylation is 1. The molecule has 7 nitrogen and oxygen atoms in total. The third-order valence-corrected chi connectivity index (χ3v) is 5.44. The molecule has 1 heterocycles. The largest absolute Gasteiger partial charge is 0.493 e. The Morgan fingerprint density at radius 3 is 2.46 bits per heavy atom. The fraction of sp³-hybridized carbons (Fsp3) is 0.438. The van der Waals surface area contributed by atoms with Gasteiger partial charge >= 0.3 is 0 Å². The van der Waals surface area contributed by atoms with Crippen LogP contribution < -0.4 is 14.2 Å². The lowest BCUT2D eigenvalue weighted by atomic mass is 10.1. The summed E-state index contributed by atoms with van der Waals surface area (Å²) in [4.78, 5) is 0.118. The van der Waals surface area contributed by atoms with Crippen LogP contribution in [0.1, 0.15) is 31.1 Å². The zero-order valence-electron chi connectivity index (χ0n) is 14.5. The topological polar surface area (TPSA) is 82.5 Å². The first-order valence-corrected chi connectivity index (χ1v) is 9.09. The van der Waals surface area contributed by atoms with Crippen molar-refractivity contribution in [2.24, 2.45) is 0 Å². The zero-order valence-corrected chi connectivity index (χ0v) is 15.3. The average molecular weight is 353 g/mol. The van der Waals surface area contributed by atoms with Gasteiger partial charge in [-0.05, 0) is 32.9 Å². The van der Waals surface area contributed by atoms with E-state index in [1.54, 1.807) is 19.2 Å². The molecule has 1 aromatic carbocycles. The minimum absolute atomic E-state index is 0.118. The number of rotatable bonds is 7. The second-order valence-electron chi connectivity index (χ2n) is 5.36. The van der Waals surface area contributed by atoms with E-state index in [-0.39, 0.29) is 4.90 Å². The highest BCUT2D eigenvalue weighted by molar-refractivity contribution is 7.89. The van der Waals surface area contributed by atoms with Crippen LogP contribution in [-0.4, -0.2) is 32.4 Å². The molecule has 0 bridgehead atoms. The van der Waals surface area contributed by atoms with Crippen molar-refractivity contribution in [3.8, 4) is 11.5 Å². The first kappa shape index (κ1) is 18.3. The van der Waals surface area contributed by atoms with Crippen molar-refractivity contribution >= 4 is 10.0 Å². The highest BCUT2D eigenvalue weighted by atomic mass is 32.2. The Bertz CT molecular complexity index is 815. The van der Waals surface area contributed by atoms with E-state index in [1.165, 1.54) is 26.4 Å². The van der Waals surface area contributed by atoms with Crippen LogP contribution in [0.3, 0.4) is 0 Å². The van der Waals surface area contributed by atoms with Crippen molar-refractivity contribution in [2.75, 3.05) is 14.2 Å². The number of benzene rings is 1. The third kappa shape index (κ3) is 3.54. The van der Waals surface area contributed by atoms with Gasteiger partial charge in [0.25, 0.3) is 0 Å². The second-order valence-corrected chi connectivity index (χ2v) is 7.07. The maximum absolute atomic E-state index is 12.6. The summed E-state index contributed by atoms with van der Waals surface area (Å²) in [6.07, 6.45) is 1.70. The van der Waals surface area contributed by atoms with Gasteiger partial charge in [0.2, 0.25) is 10.0 Å². The van der Waals surface area contributed by atoms with Crippen LogP contribution in [0, 0.1) is 6.92 Å². The van der Waals surface area contributed by atoms with Gasteiger partial charge < -0.3 is 9.47 Å². The van der Waals surface area contributed by atoms with E-state index in [0.717, 1.165) is 17.8 Å². The summed E-state index contributed by atoms with van der Waals surface area (Å²) in [6.45, 7) is 6.44. The van der Waals surface area contributed by atoms with Crippen LogP contribution in [-0.2, 0) is 16.6 Å². The maximum atomic E-state index is 12.6. The van der Waals surface area contributed by atoms with Gasteiger partial charge in [-0.1, -0.05) is 0 Å². The van der Waals surface area contributed by atoms with Crippen molar-refractivity contribution in [3.63, 3.8) is 0 Å². The van der Waals surface area contributed by atoms with Crippen LogP contribution in [0.25, 0.3) is 0 Å². The summed E-state index contributed by atoms with van der Waals surface area (Å²) in [5.74, 6) is 0.840. The van der Waals surface area contributed by atoms with Gasteiger partial charge in [-0.3, -0.25) is 4.68 Å². The SMILES string of the molecule is CCn1ncc(C(C)NS(=O)(=O)c2ccc(OC)c(OC)c2)c1C. The molecule has 24 heavy (non-hydrogen) atoms. The van der Waals surface area contributed by atoms with Gasteiger partial charge in [0.1, 0.15) is 0 Å². The van der Waals surface area contributed by atoms with Crippen molar-refractivity contribution in [1.29, 1.82) is 0 Å². The van der Waals surface area contributed by atoms with Gasteiger partial charge in [0, 0.05) is 29.9 Å². The van der Waals surface area contributed by atoms with Crippen LogP contribution in [0.5, 0.6) is 11.5 Å². The molecule has 2 rings (SSSR count). The molecule has 0 radical (unpaired) electrons. The van der Waals surface area contributed by atoms with Crippen LogP contribution in [0.15, 0.2) is 29.3 Å². The molecule has 8 heteroatoms. The van der Waals surface area contributed by atoms with Crippen LogP contribution >= 0.6 is 0 Å². The van der Waals surface area contributed by atoms with E-state index >= 15 is 0 Å². The van der Waals surface area contributed by atoms with E-state index < -0.39 is 16.1 Å². The number of ether oxygens (including phenoxy) is 2. The lowest BCUT2D eigenvalue weighted by Crippen LogP contribution is -2.27. The molecule has 1 N–H and O–H groups in total. The van der Waals surface area contributed by atoms with Gasteiger partial charge in [-0.2, -0.15) is 5.10 Å². The molecular formula is C16H23N3O4S. The molecule has 0 saturated carbocycles. The van der Waals surface area contributed by atoms with Crippen LogP contribution in [0.2, 0.25) is 0 Å². The number of hydrogen-bond acceptors (Lipinski definition) is 5. The maximum Gasteiger partial charge on any atom is 0.241 e. The van der Waals surface area contributed by atoms with Gasteiger partial charge in [-0.25, -0.2) is 13.1 Å². The number of hydrogen-bond donors (Lipinski definition) is 1. The van der Waals surface area contributed by atoms with E-state index in [0.29, 0.717) is 11.5 Å². The predicted molar refractivity (Wildman–Crippen MR) is 90.9 cm³/mol. The summed E-state index contributed by atoms with van der Waals surface area (Å²) in [5, 5.41) is 4.25. The average Bonchev–Trinajstić information content (AvgIpc) is 2.94. The van der Waals surface area contributed by atoms with Gasteiger partial charge in [-0.15, -0.1) is 0 Å². The lowest BCUT2D eigenvalue weighted by molar-refractivity contribution is 0.354. The lowest BCUT2D eigenvalue weighted by Gasteiger charge is -2.15. The number of nitrogens with zero attached hydrogens (tertiary/aromatic N) is 2. The quantitative estimate of drug-likeness (QED) is 0.826. The van der Waals surface area contributed by atoms with Crippen molar-refractivity contribution in [3.05, 3.63) is 35.7 Å². The first-order chi connectivity index (χ1) is 11.3. The van der Waals surface area contributed by atoms with E-state index in [1.807, 2.05) is 18.5 Å². The molecule has 1 unspecified atom stereocenters. The normalized spacial score (nSPS) is 12.9.